The van der Waals surface area contributed by atoms with Gasteiger partial charge in [0.2, 0.25) is 5.95 Å². The Morgan fingerprint density at radius 3 is 2.41 bits per heavy atom. The molecule has 2 rings (SSSR count). The van der Waals surface area contributed by atoms with Gasteiger partial charge in [0.15, 0.2) is 0 Å². The lowest BCUT2D eigenvalue weighted by atomic mass is 10.3. The van der Waals surface area contributed by atoms with Crippen LogP contribution in [0.5, 0.6) is 0 Å². The third kappa shape index (κ3) is 3.51. The van der Waals surface area contributed by atoms with Crippen LogP contribution < -0.4 is 10.0 Å². The van der Waals surface area contributed by atoms with Gasteiger partial charge in [-0.25, -0.2) is 22.7 Å². The summed E-state index contributed by atoms with van der Waals surface area (Å²) < 4.78 is 26.6. The average Bonchev–Trinajstić information content (AvgIpc) is 2.52. The van der Waals surface area contributed by atoms with Gasteiger partial charge in [0.25, 0.3) is 10.0 Å². The molecule has 0 saturated heterocycles. The minimum Gasteiger partial charge on any atom is -0.399 e. The summed E-state index contributed by atoms with van der Waals surface area (Å²) >= 11 is 0. The van der Waals surface area contributed by atoms with E-state index >= 15 is 0 Å². The van der Waals surface area contributed by atoms with Crippen molar-refractivity contribution in [2.24, 2.45) is 0 Å². The van der Waals surface area contributed by atoms with Gasteiger partial charge in [0.05, 0.1) is 11.0 Å². The third-order valence-corrected chi connectivity index (χ3v) is 4.69. The average molecular weight is 317 g/mol. The Balaban J connectivity index is 2.39. The summed E-state index contributed by atoms with van der Waals surface area (Å²) in [6, 6.07) is 9.51. The first-order valence-corrected chi connectivity index (χ1v) is 8.02. The number of benzene rings is 1. The van der Waals surface area contributed by atoms with Crippen molar-refractivity contribution >= 4 is 21.7 Å². The van der Waals surface area contributed by atoms with Gasteiger partial charge in [0.1, 0.15) is 0 Å². The largest absolute Gasteiger partial charge is 0.399 e. The molecule has 0 unspecified atom stereocenters. The van der Waals surface area contributed by atoms with Crippen LogP contribution in [0.25, 0.3) is 0 Å². The Morgan fingerprint density at radius 1 is 1.18 bits per heavy atom. The first kappa shape index (κ1) is 15.7. The van der Waals surface area contributed by atoms with Gasteiger partial charge >= 0.3 is 0 Å². The molecule has 1 aromatic heterocycles. The topological polar surface area (TPSA) is 113 Å². The smallest absolute Gasteiger partial charge is 0.266 e. The van der Waals surface area contributed by atoms with E-state index in [4.69, 9.17) is 11.0 Å². The molecule has 7 nitrogen and oxygen atoms in total. The number of anilines is 2. The first-order chi connectivity index (χ1) is 10.6. The molecule has 0 fully saturated rings. The summed E-state index contributed by atoms with van der Waals surface area (Å²) in [4.78, 5) is 8.09. The van der Waals surface area contributed by atoms with E-state index in [0.717, 1.165) is 4.31 Å². The Bertz CT molecular complexity index is 754. The minimum atomic E-state index is -3.81. The van der Waals surface area contributed by atoms with Crippen molar-refractivity contribution in [3.8, 4) is 6.07 Å². The maximum Gasteiger partial charge on any atom is 0.266 e. The molecule has 8 heteroatoms. The van der Waals surface area contributed by atoms with Gasteiger partial charge < -0.3 is 5.73 Å². The third-order valence-electron chi connectivity index (χ3n) is 2.89. The van der Waals surface area contributed by atoms with Crippen molar-refractivity contribution in [2.75, 3.05) is 16.6 Å². The molecule has 114 valence electrons. The predicted molar refractivity (Wildman–Crippen MR) is 82.3 cm³/mol. The van der Waals surface area contributed by atoms with E-state index < -0.39 is 10.0 Å². The molecule has 0 atom stereocenters. The van der Waals surface area contributed by atoms with Crippen molar-refractivity contribution < 1.29 is 8.42 Å². The number of unbranched alkanes of at least 4 members (excludes halogenated alkanes) is 1. The van der Waals surface area contributed by atoms with Gasteiger partial charge in [-0.15, -0.1) is 0 Å². The lowest BCUT2D eigenvalue weighted by Crippen LogP contribution is -2.33. The fourth-order valence-corrected chi connectivity index (χ4v) is 3.23. The molecule has 0 amide bonds. The highest BCUT2D eigenvalue weighted by molar-refractivity contribution is 7.92. The van der Waals surface area contributed by atoms with Gasteiger partial charge in [-0.05, 0) is 36.8 Å². The van der Waals surface area contributed by atoms with Gasteiger partial charge in [-0.3, -0.25) is 0 Å². The highest BCUT2D eigenvalue weighted by Gasteiger charge is 2.26. The fourth-order valence-electron chi connectivity index (χ4n) is 1.82. The Kier molecular flexibility index (Phi) is 4.91. The van der Waals surface area contributed by atoms with Crippen LogP contribution in [0, 0.1) is 11.3 Å². The fraction of sp³-hybridized carbons (Fsp3) is 0.214. The van der Waals surface area contributed by atoms with Crippen LogP contribution in [-0.4, -0.2) is 24.9 Å². The second-order valence-electron chi connectivity index (χ2n) is 4.46. The van der Waals surface area contributed by atoms with Crippen LogP contribution in [-0.2, 0) is 10.0 Å². The zero-order valence-electron chi connectivity index (χ0n) is 11.8. The van der Waals surface area contributed by atoms with Crippen molar-refractivity contribution in [3.63, 3.8) is 0 Å². The lowest BCUT2D eigenvalue weighted by Gasteiger charge is -2.21. The van der Waals surface area contributed by atoms with Crippen LogP contribution in [0.15, 0.2) is 47.6 Å². The summed E-state index contributed by atoms with van der Waals surface area (Å²) in [6.45, 7) is 0.129. The highest BCUT2D eigenvalue weighted by Crippen LogP contribution is 2.21. The Hall–Kier alpha value is -2.66. The molecule has 2 N–H and O–H groups in total. The second-order valence-corrected chi connectivity index (χ2v) is 6.32. The molecule has 1 heterocycles. The number of sulfonamides is 1. The van der Waals surface area contributed by atoms with E-state index in [-0.39, 0.29) is 23.8 Å². The van der Waals surface area contributed by atoms with Crippen LogP contribution in [0.2, 0.25) is 0 Å². The number of nitrogens with zero attached hydrogens (tertiary/aromatic N) is 4. The maximum absolute atomic E-state index is 12.8. The molecule has 22 heavy (non-hydrogen) atoms. The molecule has 0 aliphatic carbocycles. The van der Waals surface area contributed by atoms with E-state index in [1.165, 1.54) is 36.7 Å². The molecule has 0 spiro atoms. The van der Waals surface area contributed by atoms with Gasteiger partial charge in [-0.2, -0.15) is 5.26 Å². The molecule has 0 radical (unpaired) electrons. The first-order valence-electron chi connectivity index (χ1n) is 6.58. The molecule has 2 aromatic rings. The quantitative estimate of drug-likeness (QED) is 0.639. The summed E-state index contributed by atoms with van der Waals surface area (Å²) in [5, 5.41) is 8.64. The van der Waals surface area contributed by atoms with Gasteiger partial charge in [-0.1, -0.05) is 0 Å². The molecule has 1 aromatic carbocycles. The highest BCUT2D eigenvalue weighted by atomic mass is 32.2. The standard InChI is InChI=1S/C14H15N5O2S/c15-8-1-2-11-19(14-17-9-3-10-18-14)22(20,21)13-6-4-12(16)5-7-13/h3-7,9-10H,1-2,11,16H2. The molecule has 0 aliphatic rings. The Morgan fingerprint density at radius 2 is 1.82 bits per heavy atom. The minimum absolute atomic E-state index is 0.0808. The van der Waals surface area contributed by atoms with E-state index in [9.17, 15) is 8.42 Å². The molecule has 0 aliphatic heterocycles. The summed E-state index contributed by atoms with van der Waals surface area (Å²) in [7, 11) is -3.81. The number of hydrogen-bond donors (Lipinski definition) is 1. The van der Waals surface area contributed by atoms with Crippen LogP contribution in [0.1, 0.15) is 12.8 Å². The summed E-state index contributed by atoms with van der Waals surface area (Å²) in [6.07, 6.45) is 3.58. The SMILES string of the molecule is N#CCCCN(c1ncccn1)S(=O)(=O)c1ccc(N)cc1. The van der Waals surface area contributed by atoms with E-state index in [1.54, 1.807) is 6.07 Å². The van der Waals surface area contributed by atoms with E-state index in [2.05, 4.69) is 9.97 Å². The van der Waals surface area contributed by atoms with E-state index in [0.29, 0.717) is 12.1 Å². The van der Waals surface area contributed by atoms with Crippen molar-refractivity contribution in [3.05, 3.63) is 42.7 Å². The van der Waals surface area contributed by atoms with Gasteiger partial charge in [0, 0.05) is 31.0 Å². The number of nitrogens with two attached hydrogens (primary N) is 1. The number of rotatable bonds is 6. The Labute approximate surface area is 129 Å². The predicted octanol–water partition coefficient (Wildman–Crippen LogP) is 1.56. The summed E-state index contributed by atoms with van der Waals surface area (Å²) in [5.74, 6) is 0.0808. The van der Waals surface area contributed by atoms with Crippen LogP contribution in [0.3, 0.4) is 0 Å². The number of nitriles is 1. The number of hydrogen-bond acceptors (Lipinski definition) is 6. The van der Waals surface area contributed by atoms with Crippen molar-refractivity contribution in [1.82, 2.24) is 9.97 Å². The van der Waals surface area contributed by atoms with Crippen LogP contribution in [0.4, 0.5) is 11.6 Å². The molecule has 0 bridgehead atoms. The monoisotopic (exact) mass is 317 g/mol. The number of nitrogen functional groups attached to an aromatic ring is 1. The molecular weight excluding hydrogens is 302 g/mol. The maximum atomic E-state index is 12.8. The van der Waals surface area contributed by atoms with Crippen molar-refractivity contribution in [1.29, 1.82) is 5.26 Å². The zero-order chi connectivity index (χ0) is 16.0. The normalized spacial score (nSPS) is 10.9. The molecule has 0 saturated carbocycles. The van der Waals surface area contributed by atoms with Crippen LogP contribution >= 0.6 is 0 Å². The summed E-state index contributed by atoms with van der Waals surface area (Å²) in [5.41, 5.74) is 6.06. The van der Waals surface area contributed by atoms with E-state index in [1.807, 2.05) is 6.07 Å². The number of aromatic nitrogens is 2. The van der Waals surface area contributed by atoms with Crippen molar-refractivity contribution in [2.45, 2.75) is 17.7 Å². The zero-order valence-corrected chi connectivity index (χ0v) is 12.6. The lowest BCUT2D eigenvalue weighted by molar-refractivity contribution is 0.588. The second kappa shape index (κ2) is 6.87. The molecular formula is C14H15N5O2S.